The fourth-order valence-corrected chi connectivity index (χ4v) is 3.22. The fourth-order valence-electron chi connectivity index (χ4n) is 3.22. The zero-order chi connectivity index (χ0) is 15.8. The second-order valence-electron chi connectivity index (χ2n) is 6.15. The molecule has 0 aromatic carbocycles. The Morgan fingerprint density at radius 2 is 1.68 bits per heavy atom. The van der Waals surface area contributed by atoms with Crippen LogP contribution in [0.1, 0.15) is 44.9 Å². The van der Waals surface area contributed by atoms with Gasteiger partial charge in [-0.2, -0.15) is 5.26 Å². The highest BCUT2D eigenvalue weighted by Crippen LogP contribution is 2.24. The standard InChI is InChI=1S/C17H25N3O2/c18-10-9-17(22)20-12-4-11-19(13-14-20)16(21)8-7-15-5-2-1-3-6-15/h7-8,15H,1-6,9,11-14H2/b8-7+. The van der Waals surface area contributed by atoms with Gasteiger partial charge in [0.1, 0.15) is 6.42 Å². The summed E-state index contributed by atoms with van der Waals surface area (Å²) in [6, 6.07) is 1.89. The molecule has 2 amide bonds. The minimum absolute atomic E-state index is 0.0557. The summed E-state index contributed by atoms with van der Waals surface area (Å²) < 4.78 is 0. The Morgan fingerprint density at radius 3 is 2.41 bits per heavy atom. The lowest BCUT2D eigenvalue weighted by Gasteiger charge is -2.21. The number of allylic oxidation sites excluding steroid dienone is 1. The molecule has 2 rings (SSSR count). The van der Waals surface area contributed by atoms with E-state index in [-0.39, 0.29) is 18.2 Å². The van der Waals surface area contributed by atoms with E-state index in [0.29, 0.717) is 32.1 Å². The van der Waals surface area contributed by atoms with Crippen molar-refractivity contribution in [3.63, 3.8) is 0 Å². The van der Waals surface area contributed by atoms with Crippen LogP contribution in [0, 0.1) is 17.2 Å². The van der Waals surface area contributed by atoms with Crippen molar-refractivity contribution < 1.29 is 9.59 Å². The van der Waals surface area contributed by atoms with Gasteiger partial charge in [0.25, 0.3) is 0 Å². The van der Waals surface area contributed by atoms with Crippen LogP contribution >= 0.6 is 0 Å². The third-order valence-corrected chi connectivity index (χ3v) is 4.55. The molecule has 22 heavy (non-hydrogen) atoms. The predicted molar refractivity (Wildman–Crippen MR) is 83.7 cm³/mol. The number of hydrogen-bond donors (Lipinski definition) is 0. The lowest BCUT2D eigenvalue weighted by Crippen LogP contribution is -2.36. The topological polar surface area (TPSA) is 64.4 Å². The smallest absolute Gasteiger partial charge is 0.246 e. The van der Waals surface area contributed by atoms with Gasteiger partial charge in [0.15, 0.2) is 0 Å². The van der Waals surface area contributed by atoms with Gasteiger partial charge >= 0.3 is 0 Å². The normalized spacial score (nSPS) is 20.7. The van der Waals surface area contributed by atoms with Crippen molar-refractivity contribution in [2.24, 2.45) is 5.92 Å². The van der Waals surface area contributed by atoms with Crippen molar-refractivity contribution in [2.45, 2.75) is 44.9 Å². The molecular formula is C17H25N3O2. The van der Waals surface area contributed by atoms with Gasteiger partial charge in [0.05, 0.1) is 6.07 Å². The number of carbonyl (C=O) groups is 2. The van der Waals surface area contributed by atoms with Gasteiger partial charge in [0, 0.05) is 26.2 Å². The van der Waals surface area contributed by atoms with Crippen LogP contribution in [0.5, 0.6) is 0 Å². The van der Waals surface area contributed by atoms with Crippen LogP contribution in [-0.4, -0.2) is 47.8 Å². The average molecular weight is 303 g/mol. The van der Waals surface area contributed by atoms with Crippen LogP contribution in [0.3, 0.4) is 0 Å². The Hall–Kier alpha value is -1.83. The van der Waals surface area contributed by atoms with Crippen molar-refractivity contribution in [3.05, 3.63) is 12.2 Å². The molecule has 0 N–H and O–H groups in total. The van der Waals surface area contributed by atoms with E-state index in [9.17, 15) is 9.59 Å². The van der Waals surface area contributed by atoms with E-state index in [1.54, 1.807) is 11.0 Å². The summed E-state index contributed by atoms with van der Waals surface area (Å²) in [6.45, 7) is 2.41. The Labute approximate surface area is 132 Å². The quantitative estimate of drug-likeness (QED) is 0.750. The fraction of sp³-hybridized carbons (Fsp3) is 0.706. The van der Waals surface area contributed by atoms with Crippen molar-refractivity contribution in [1.29, 1.82) is 5.26 Å². The molecule has 0 atom stereocenters. The van der Waals surface area contributed by atoms with E-state index in [1.165, 1.54) is 32.1 Å². The number of amides is 2. The SMILES string of the molecule is N#CCC(=O)N1CCCN(C(=O)/C=C/C2CCCCC2)CC1. The molecule has 1 heterocycles. The third kappa shape index (κ3) is 4.87. The molecule has 1 aliphatic carbocycles. The highest BCUT2D eigenvalue weighted by atomic mass is 16.2. The first-order valence-electron chi connectivity index (χ1n) is 8.32. The summed E-state index contributed by atoms with van der Waals surface area (Å²) in [7, 11) is 0. The number of carbonyl (C=O) groups excluding carboxylic acids is 2. The van der Waals surface area contributed by atoms with E-state index < -0.39 is 0 Å². The van der Waals surface area contributed by atoms with Crippen LogP contribution in [0.2, 0.25) is 0 Å². The van der Waals surface area contributed by atoms with Gasteiger partial charge in [-0.25, -0.2) is 0 Å². The van der Waals surface area contributed by atoms with Crippen LogP contribution in [0.15, 0.2) is 12.2 Å². The summed E-state index contributed by atoms with van der Waals surface area (Å²) >= 11 is 0. The van der Waals surface area contributed by atoms with E-state index >= 15 is 0 Å². The molecule has 2 aliphatic rings. The Kier molecular flexibility index (Phi) is 6.45. The Balaban J connectivity index is 1.82. The van der Waals surface area contributed by atoms with Crippen LogP contribution in [0.4, 0.5) is 0 Å². The largest absolute Gasteiger partial charge is 0.340 e. The van der Waals surface area contributed by atoms with Crippen molar-refractivity contribution in [2.75, 3.05) is 26.2 Å². The predicted octanol–water partition coefficient (Wildman–Crippen LogP) is 2.10. The van der Waals surface area contributed by atoms with Crippen LogP contribution in [0.25, 0.3) is 0 Å². The Bertz CT molecular complexity index is 461. The summed E-state index contributed by atoms with van der Waals surface area (Å²) in [5, 5.41) is 8.60. The monoisotopic (exact) mass is 303 g/mol. The van der Waals surface area contributed by atoms with E-state index in [4.69, 9.17) is 5.26 Å². The zero-order valence-electron chi connectivity index (χ0n) is 13.2. The van der Waals surface area contributed by atoms with Gasteiger partial charge in [0.2, 0.25) is 11.8 Å². The molecule has 120 valence electrons. The highest BCUT2D eigenvalue weighted by molar-refractivity contribution is 5.87. The molecule has 0 radical (unpaired) electrons. The third-order valence-electron chi connectivity index (χ3n) is 4.55. The van der Waals surface area contributed by atoms with E-state index in [1.807, 2.05) is 11.0 Å². The van der Waals surface area contributed by atoms with Gasteiger partial charge in [-0.05, 0) is 31.3 Å². The van der Waals surface area contributed by atoms with Gasteiger partial charge in [-0.15, -0.1) is 0 Å². The second kappa shape index (κ2) is 8.57. The first kappa shape index (κ1) is 16.5. The number of rotatable bonds is 3. The lowest BCUT2D eigenvalue weighted by atomic mass is 9.89. The number of hydrogen-bond acceptors (Lipinski definition) is 3. The van der Waals surface area contributed by atoms with Gasteiger partial charge in [-0.1, -0.05) is 25.3 Å². The first-order chi connectivity index (χ1) is 10.7. The molecule has 2 fully saturated rings. The maximum Gasteiger partial charge on any atom is 0.246 e. The average Bonchev–Trinajstić information content (AvgIpc) is 2.80. The summed E-state index contributed by atoms with van der Waals surface area (Å²) in [6.07, 6.45) is 10.7. The molecule has 0 spiro atoms. The molecule has 5 nitrogen and oxygen atoms in total. The van der Waals surface area contributed by atoms with E-state index in [0.717, 1.165) is 6.42 Å². The Morgan fingerprint density at radius 1 is 1.00 bits per heavy atom. The zero-order valence-corrected chi connectivity index (χ0v) is 13.2. The molecule has 1 saturated carbocycles. The molecule has 1 aliphatic heterocycles. The molecule has 0 bridgehead atoms. The van der Waals surface area contributed by atoms with Crippen molar-refractivity contribution in [1.82, 2.24) is 9.80 Å². The second-order valence-corrected chi connectivity index (χ2v) is 6.15. The van der Waals surface area contributed by atoms with Gasteiger partial charge in [-0.3, -0.25) is 9.59 Å². The molecular weight excluding hydrogens is 278 g/mol. The molecule has 1 saturated heterocycles. The van der Waals surface area contributed by atoms with Crippen molar-refractivity contribution >= 4 is 11.8 Å². The highest BCUT2D eigenvalue weighted by Gasteiger charge is 2.21. The molecule has 0 unspecified atom stereocenters. The first-order valence-corrected chi connectivity index (χ1v) is 8.32. The minimum atomic E-state index is -0.130. The lowest BCUT2D eigenvalue weighted by molar-refractivity contribution is -0.131. The van der Waals surface area contributed by atoms with E-state index in [2.05, 4.69) is 6.08 Å². The number of nitriles is 1. The minimum Gasteiger partial charge on any atom is -0.340 e. The maximum absolute atomic E-state index is 12.3. The summed E-state index contributed by atoms with van der Waals surface area (Å²) in [4.78, 5) is 27.5. The molecule has 5 heteroatoms. The van der Waals surface area contributed by atoms with Gasteiger partial charge < -0.3 is 9.80 Å². The summed E-state index contributed by atoms with van der Waals surface area (Å²) in [5.74, 6) is 0.480. The summed E-state index contributed by atoms with van der Waals surface area (Å²) in [5.41, 5.74) is 0. The molecule has 0 aromatic rings. The maximum atomic E-state index is 12.3. The number of nitrogens with zero attached hydrogens (tertiary/aromatic N) is 3. The van der Waals surface area contributed by atoms with Crippen LogP contribution < -0.4 is 0 Å². The van der Waals surface area contributed by atoms with Crippen LogP contribution in [-0.2, 0) is 9.59 Å². The molecule has 0 aromatic heterocycles. The van der Waals surface area contributed by atoms with Crippen molar-refractivity contribution in [3.8, 4) is 6.07 Å².